The third kappa shape index (κ3) is 3.55. The number of hydrogen-bond acceptors (Lipinski definition) is 0. The van der Waals surface area contributed by atoms with Gasteiger partial charge >= 0.3 is 0 Å². The molecule has 0 heteroatoms. The summed E-state index contributed by atoms with van der Waals surface area (Å²) >= 11 is 0. The number of aryl methyl sites for hydroxylation is 1. The smallest absolute Gasteiger partial charge is 0.00699 e. The monoisotopic (exact) mass is 410 g/mol. The number of rotatable bonds is 4. The lowest BCUT2D eigenvalue weighted by molar-refractivity contribution is 1.40. The summed E-state index contributed by atoms with van der Waals surface area (Å²) in [6.45, 7) is 8.98. The first kappa shape index (κ1) is 20.0. The van der Waals surface area contributed by atoms with Crippen LogP contribution in [0, 0.1) is 13.8 Å². The minimum Gasteiger partial charge on any atom is -0.0905 e. The van der Waals surface area contributed by atoms with E-state index in [0.29, 0.717) is 0 Å². The first-order chi connectivity index (χ1) is 15.6. The maximum atomic E-state index is 4.57. The van der Waals surface area contributed by atoms with Crippen molar-refractivity contribution in [3.05, 3.63) is 138 Å². The molecule has 5 rings (SSSR count). The maximum Gasteiger partial charge on any atom is -0.00699 e. The molecule has 0 saturated heterocycles. The standard InChI is InChI=1S/C32H26/c1-22-11-7-9-15-29(22)31-21-28-14-8-10-16-30(28)32(24(31)3)23(2)25-17-19-27(20-18-25)26-12-5-4-6-13-26/h4-21H,2H2,1,3H3. The molecule has 0 N–H and O–H groups in total. The number of fused-ring (bicyclic) bond motifs is 1. The van der Waals surface area contributed by atoms with Crippen LogP contribution in [-0.2, 0) is 0 Å². The predicted molar refractivity (Wildman–Crippen MR) is 139 cm³/mol. The van der Waals surface area contributed by atoms with Crippen molar-refractivity contribution in [1.82, 2.24) is 0 Å². The van der Waals surface area contributed by atoms with Gasteiger partial charge < -0.3 is 0 Å². The quantitative estimate of drug-likeness (QED) is 0.277. The fourth-order valence-corrected chi connectivity index (χ4v) is 4.63. The lowest BCUT2D eigenvalue weighted by Gasteiger charge is -2.19. The average Bonchev–Trinajstić information content (AvgIpc) is 2.84. The van der Waals surface area contributed by atoms with E-state index in [0.717, 1.165) is 11.1 Å². The van der Waals surface area contributed by atoms with Crippen LogP contribution in [-0.4, -0.2) is 0 Å². The highest BCUT2D eigenvalue weighted by atomic mass is 14.2. The van der Waals surface area contributed by atoms with Crippen LogP contribution in [0.4, 0.5) is 0 Å². The summed E-state index contributed by atoms with van der Waals surface area (Å²) in [7, 11) is 0. The van der Waals surface area contributed by atoms with Crippen LogP contribution < -0.4 is 0 Å². The van der Waals surface area contributed by atoms with Crippen molar-refractivity contribution in [3.63, 3.8) is 0 Å². The second-order valence-electron chi connectivity index (χ2n) is 8.38. The molecule has 0 bridgehead atoms. The van der Waals surface area contributed by atoms with Crippen LogP contribution in [0.3, 0.4) is 0 Å². The molecule has 0 unspecified atom stereocenters. The van der Waals surface area contributed by atoms with Gasteiger partial charge in [0, 0.05) is 0 Å². The largest absolute Gasteiger partial charge is 0.0905 e. The number of benzene rings is 5. The minimum atomic E-state index is 1.06. The van der Waals surface area contributed by atoms with Gasteiger partial charge in [-0.3, -0.25) is 0 Å². The van der Waals surface area contributed by atoms with E-state index in [-0.39, 0.29) is 0 Å². The highest BCUT2D eigenvalue weighted by molar-refractivity contribution is 6.02. The molecule has 0 nitrogen and oxygen atoms in total. The van der Waals surface area contributed by atoms with Gasteiger partial charge in [0.1, 0.15) is 0 Å². The molecule has 0 atom stereocenters. The van der Waals surface area contributed by atoms with Gasteiger partial charge in [-0.1, -0.05) is 110 Å². The third-order valence-electron chi connectivity index (χ3n) is 6.39. The Morgan fingerprint density at radius 2 is 1.22 bits per heavy atom. The normalized spacial score (nSPS) is 10.9. The lowest BCUT2D eigenvalue weighted by atomic mass is 9.85. The van der Waals surface area contributed by atoms with Crippen molar-refractivity contribution in [2.75, 3.05) is 0 Å². The van der Waals surface area contributed by atoms with E-state index in [4.69, 9.17) is 0 Å². The summed E-state index contributed by atoms with van der Waals surface area (Å²) in [5.74, 6) is 0. The molecule has 5 aromatic carbocycles. The van der Waals surface area contributed by atoms with E-state index in [9.17, 15) is 0 Å². The van der Waals surface area contributed by atoms with Gasteiger partial charge in [0.15, 0.2) is 0 Å². The summed E-state index contributed by atoms with van der Waals surface area (Å²) < 4.78 is 0. The van der Waals surface area contributed by atoms with E-state index in [1.54, 1.807) is 0 Å². The molecule has 0 amide bonds. The van der Waals surface area contributed by atoms with E-state index < -0.39 is 0 Å². The Hall–Kier alpha value is -3.90. The maximum absolute atomic E-state index is 4.57. The Morgan fingerprint density at radius 1 is 0.594 bits per heavy atom. The van der Waals surface area contributed by atoms with Crippen LogP contribution in [0.15, 0.2) is 116 Å². The molecule has 0 aliphatic heterocycles. The van der Waals surface area contributed by atoms with E-state index in [1.165, 1.54) is 49.7 Å². The van der Waals surface area contributed by atoms with Crippen LogP contribution >= 0.6 is 0 Å². The summed E-state index contributed by atoms with van der Waals surface area (Å²) in [6.07, 6.45) is 0. The van der Waals surface area contributed by atoms with Crippen LogP contribution in [0.5, 0.6) is 0 Å². The van der Waals surface area contributed by atoms with Crippen LogP contribution in [0.1, 0.15) is 22.3 Å². The zero-order valence-corrected chi connectivity index (χ0v) is 18.6. The molecule has 0 spiro atoms. The fraction of sp³-hybridized carbons (Fsp3) is 0.0625. The molecule has 0 aliphatic carbocycles. The Morgan fingerprint density at radius 3 is 1.97 bits per heavy atom. The van der Waals surface area contributed by atoms with Gasteiger partial charge in [-0.05, 0) is 80.8 Å². The summed E-state index contributed by atoms with van der Waals surface area (Å²) in [5.41, 5.74) is 11.0. The highest BCUT2D eigenvalue weighted by Crippen LogP contribution is 2.39. The van der Waals surface area contributed by atoms with Gasteiger partial charge in [0.05, 0.1) is 0 Å². The average molecular weight is 411 g/mol. The molecule has 0 aliphatic rings. The van der Waals surface area contributed by atoms with E-state index in [2.05, 4.69) is 130 Å². The second-order valence-corrected chi connectivity index (χ2v) is 8.38. The Balaban J connectivity index is 1.66. The summed E-state index contributed by atoms with van der Waals surface area (Å²) in [6, 6.07) is 38.8. The SMILES string of the molecule is C=C(c1ccc(-c2ccccc2)cc1)c1c(C)c(-c2ccccc2C)cc2ccccc12. The summed E-state index contributed by atoms with van der Waals surface area (Å²) in [4.78, 5) is 0. The number of hydrogen-bond donors (Lipinski definition) is 0. The Kier molecular flexibility index (Phi) is 5.21. The zero-order valence-electron chi connectivity index (χ0n) is 18.6. The van der Waals surface area contributed by atoms with Crippen LogP contribution in [0.25, 0.3) is 38.6 Å². The lowest BCUT2D eigenvalue weighted by Crippen LogP contribution is -1.97. The van der Waals surface area contributed by atoms with Crippen molar-refractivity contribution in [2.24, 2.45) is 0 Å². The minimum absolute atomic E-state index is 1.06. The molecule has 0 fully saturated rings. The molecule has 32 heavy (non-hydrogen) atoms. The zero-order chi connectivity index (χ0) is 22.1. The topological polar surface area (TPSA) is 0 Å². The van der Waals surface area contributed by atoms with Crippen molar-refractivity contribution < 1.29 is 0 Å². The van der Waals surface area contributed by atoms with Crippen molar-refractivity contribution in [1.29, 1.82) is 0 Å². The Bertz CT molecular complexity index is 1420. The molecular weight excluding hydrogens is 384 g/mol. The first-order valence-corrected chi connectivity index (χ1v) is 11.1. The van der Waals surface area contributed by atoms with Gasteiger partial charge in [0.2, 0.25) is 0 Å². The van der Waals surface area contributed by atoms with Crippen LogP contribution in [0.2, 0.25) is 0 Å². The fourth-order valence-electron chi connectivity index (χ4n) is 4.63. The van der Waals surface area contributed by atoms with Gasteiger partial charge in [-0.2, -0.15) is 0 Å². The third-order valence-corrected chi connectivity index (χ3v) is 6.39. The van der Waals surface area contributed by atoms with Crippen molar-refractivity contribution in [2.45, 2.75) is 13.8 Å². The first-order valence-electron chi connectivity index (χ1n) is 11.1. The molecule has 5 aromatic rings. The Labute approximate surface area is 190 Å². The van der Waals surface area contributed by atoms with Gasteiger partial charge in [-0.25, -0.2) is 0 Å². The molecule has 0 saturated carbocycles. The molecule has 154 valence electrons. The second kappa shape index (κ2) is 8.32. The predicted octanol–water partition coefficient (Wildman–Crippen LogP) is 8.85. The molecule has 0 aromatic heterocycles. The van der Waals surface area contributed by atoms with Crippen molar-refractivity contribution in [3.8, 4) is 22.3 Å². The summed E-state index contributed by atoms with van der Waals surface area (Å²) in [5, 5.41) is 2.49. The molecule has 0 heterocycles. The van der Waals surface area contributed by atoms with Gasteiger partial charge in [-0.15, -0.1) is 0 Å². The molecular formula is C32H26. The van der Waals surface area contributed by atoms with E-state index >= 15 is 0 Å². The van der Waals surface area contributed by atoms with Crippen molar-refractivity contribution >= 4 is 16.3 Å². The van der Waals surface area contributed by atoms with E-state index in [1.807, 2.05) is 0 Å². The highest BCUT2D eigenvalue weighted by Gasteiger charge is 2.16. The van der Waals surface area contributed by atoms with Gasteiger partial charge in [0.25, 0.3) is 0 Å². The molecule has 0 radical (unpaired) electrons.